The minimum absolute atomic E-state index is 0.0952. The van der Waals surface area contributed by atoms with Gasteiger partial charge in [0.2, 0.25) is 0 Å². The van der Waals surface area contributed by atoms with Crippen LogP contribution in [0.15, 0.2) is 18.2 Å². The molecule has 4 heteroatoms. The van der Waals surface area contributed by atoms with Gasteiger partial charge in [-0.3, -0.25) is 4.79 Å². The topological polar surface area (TPSA) is 32.3 Å². The third-order valence-electron chi connectivity index (χ3n) is 3.89. The SMILES string of the molecule is CCNc1ccc(Cl)cc1C(=O)N1CCCCCC1C. The standard InChI is InChI=1S/C16H23ClN2O/c1-3-18-15-9-8-13(17)11-14(15)16(20)19-10-6-4-5-7-12(19)2/h8-9,11-12,18H,3-7,10H2,1-2H3. The quantitative estimate of drug-likeness (QED) is 0.907. The van der Waals surface area contributed by atoms with E-state index in [2.05, 4.69) is 12.2 Å². The maximum atomic E-state index is 12.8. The number of likely N-dealkylation sites (tertiary alicyclic amines) is 1. The van der Waals surface area contributed by atoms with E-state index in [-0.39, 0.29) is 5.91 Å². The number of amides is 1. The third-order valence-corrected chi connectivity index (χ3v) is 4.13. The highest BCUT2D eigenvalue weighted by Crippen LogP contribution is 2.25. The number of anilines is 1. The molecule has 2 rings (SSSR count). The Morgan fingerprint density at radius 2 is 2.20 bits per heavy atom. The van der Waals surface area contributed by atoms with E-state index < -0.39 is 0 Å². The molecule has 1 aliphatic rings. The highest BCUT2D eigenvalue weighted by molar-refractivity contribution is 6.31. The van der Waals surface area contributed by atoms with Crippen LogP contribution < -0.4 is 5.32 Å². The van der Waals surface area contributed by atoms with Gasteiger partial charge in [-0.1, -0.05) is 24.4 Å². The highest BCUT2D eigenvalue weighted by Gasteiger charge is 2.24. The number of rotatable bonds is 3. The molecule has 1 aliphatic heterocycles. The average molecular weight is 295 g/mol. The van der Waals surface area contributed by atoms with Gasteiger partial charge < -0.3 is 10.2 Å². The molecule has 0 aliphatic carbocycles. The Labute approximate surface area is 126 Å². The fraction of sp³-hybridized carbons (Fsp3) is 0.562. The van der Waals surface area contributed by atoms with Crippen molar-refractivity contribution in [3.8, 4) is 0 Å². The summed E-state index contributed by atoms with van der Waals surface area (Å²) in [6.07, 6.45) is 4.60. The van der Waals surface area contributed by atoms with Crippen molar-refractivity contribution in [2.24, 2.45) is 0 Å². The number of benzene rings is 1. The largest absolute Gasteiger partial charge is 0.385 e. The summed E-state index contributed by atoms with van der Waals surface area (Å²) < 4.78 is 0. The molecule has 1 fully saturated rings. The van der Waals surface area contributed by atoms with Crippen molar-refractivity contribution in [1.82, 2.24) is 4.90 Å². The fourth-order valence-corrected chi connectivity index (χ4v) is 2.94. The van der Waals surface area contributed by atoms with Gasteiger partial charge >= 0.3 is 0 Å². The molecule has 0 radical (unpaired) electrons. The van der Waals surface area contributed by atoms with Crippen molar-refractivity contribution < 1.29 is 4.79 Å². The van der Waals surface area contributed by atoms with Crippen molar-refractivity contribution in [1.29, 1.82) is 0 Å². The maximum Gasteiger partial charge on any atom is 0.256 e. The first-order chi connectivity index (χ1) is 9.63. The molecule has 20 heavy (non-hydrogen) atoms. The number of nitrogens with zero attached hydrogens (tertiary/aromatic N) is 1. The molecule has 1 aromatic rings. The van der Waals surface area contributed by atoms with E-state index in [0.29, 0.717) is 16.6 Å². The summed E-state index contributed by atoms with van der Waals surface area (Å²) >= 11 is 6.07. The molecule has 1 heterocycles. The van der Waals surface area contributed by atoms with Crippen LogP contribution in [0.3, 0.4) is 0 Å². The van der Waals surface area contributed by atoms with Crippen LogP contribution in [-0.2, 0) is 0 Å². The second kappa shape index (κ2) is 6.98. The molecule has 110 valence electrons. The van der Waals surface area contributed by atoms with Gasteiger partial charge in [-0.25, -0.2) is 0 Å². The van der Waals surface area contributed by atoms with Crippen molar-refractivity contribution >= 4 is 23.2 Å². The zero-order valence-electron chi connectivity index (χ0n) is 12.3. The lowest BCUT2D eigenvalue weighted by Crippen LogP contribution is -2.38. The maximum absolute atomic E-state index is 12.8. The zero-order chi connectivity index (χ0) is 14.5. The second-order valence-corrected chi connectivity index (χ2v) is 5.85. The summed E-state index contributed by atoms with van der Waals surface area (Å²) in [5.74, 6) is 0.0952. The van der Waals surface area contributed by atoms with Gasteiger partial charge in [0, 0.05) is 29.8 Å². The van der Waals surface area contributed by atoms with E-state index in [0.717, 1.165) is 31.6 Å². The zero-order valence-corrected chi connectivity index (χ0v) is 13.0. The smallest absolute Gasteiger partial charge is 0.256 e. The molecule has 0 saturated carbocycles. The van der Waals surface area contributed by atoms with Gasteiger partial charge in [-0.05, 0) is 44.9 Å². The molecular formula is C16H23ClN2O. The van der Waals surface area contributed by atoms with Gasteiger partial charge in [0.15, 0.2) is 0 Å². The van der Waals surface area contributed by atoms with Crippen LogP contribution in [0.1, 0.15) is 49.9 Å². The minimum Gasteiger partial charge on any atom is -0.385 e. The van der Waals surface area contributed by atoms with Crippen LogP contribution in [0.5, 0.6) is 0 Å². The Balaban J connectivity index is 2.28. The van der Waals surface area contributed by atoms with Crippen LogP contribution in [0, 0.1) is 0 Å². The summed E-state index contributed by atoms with van der Waals surface area (Å²) in [4.78, 5) is 14.8. The van der Waals surface area contributed by atoms with Crippen LogP contribution in [0.25, 0.3) is 0 Å². The molecule has 1 saturated heterocycles. The normalized spacial score (nSPS) is 19.6. The average Bonchev–Trinajstić information content (AvgIpc) is 2.65. The van der Waals surface area contributed by atoms with Gasteiger partial charge in [0.05, 0.1) is 5.56 Å². The number of hydrogen-bond donors (Lipinski definition) is 1. The number of carbonyl (C=O) groups is 1. The van der Waals surface area contributed by atoms with Crippen molar-refractivity contribution in [3.05, 3.63) is 28.8 Å². The monoisotopic (exact) mass is 294 g/mol. The lowest BCUT2D eigenvalue weighted by Gasteiger charge is -2.28. The van der Waals surface area contributed by atoms with Gasteiger partial charge in [0.1, 0.15) is 0 Å². The molecule has 1 amide bonds. The Morgan fingerprint density at radius 1 is 1.40 bits per heavy atom. The van der Waals surface area contributed by atoms with E-state index in [9.17, 15) is 4.79 Å². The Morgan fingerprint density at radius 3 is 2.95 bits per heavy atom. The Kier molecular flexibility index (Phi) is 5.30. The number of hydrogen-bond acceptors (Lipinski definition) is 2. The Hall–Kier alpha value is -1.22. The number of nitrogens with one attached hydrogen (secondary N) is 1. The van der Waals surface area contributed by atoms with Crippen molar-refractivity contribution in [2.75, 3.05) is 18.4 Å². The minimum atomic E-state index is 0.0952. The van der Waals surface area contributed by atoms with Gasteiger partial charge in [-0.15, -0.1) is 0 Å². The molecule has 1 atom stereocenters. The molecule has 3 nitrogen and oxygen atoms in total. The Bertz CT molecular complexity index is 476. The highest BCUT2D eigenvalue weighted by atomic mass is 35.5. The second-order valence-electron chi connectivity index (χ2n) is 5.42. The molecule has 1 aromatic carbocycles. The number of halogens is 1. The molecule has 1 unspecified atom stereocenters. The first-order valence-electron chi connectivity index (χ1n) is 7.48. The van der Waals surface area contributed by atoms with E-state index in [4.69, 9.17) is 11.6 Å². The first kappa shape index (κ1) is 15.2. The van der Waals surface area contributed by atoms with Crippen LogP contribution in [-0.4, -0.2) is 29.9 Å². The summed E-state index contributed by atoms with van der Waals surface area (Å²) in [5, 5.41) is 3.86. The molecule has 1 N–H and O–H groups in total. The van der Waals surface area contributed by atoms with Gasteiger partial charge in [-0.2, -0.15) is 0 Å². The molecule has 0 aromatic heterocycles. The van der Waals surface area contributed by atoms with Crippen molar-refractivity contribution in [2.45, 2.75) is 45.6 Å². The van der Waals surface area contributed by atoms with Crippen molar-refractivity contribution in [3.63, 3.8) is 0 Å². The summed E-state index contributed by atoms with van der Waals surface area (Å²) in [7, 11) is 0. The molecular weight excluding hydrogens is 272 g/mol. The van der Waals surface area contributed by atoms with Crippen LogP contribution in [0.2, 0.25) is 5.02 Å². The van der Waals surface area contributed by atoms with Crippen LogP contribution >= 0.6 is 11.6 Å². The molecule has 0 spiro atoms. The first-order valence-corrected chi connectivity index (χ1v) is 7.85. The lowest BCUT2D eigenvalue weighted by atomic mass is 10.1. The van der Waals surface area contributed by atoms with E-state index in [1.807, 2.05) is 24.0 Å². The third kappa shape index (κ3) is 3.45. The summed E-state index contributed by atoms with van der Waals surface area (Å²) in [6.45, 7) is 5.80. The predicted octanol–water partition coefficient (Wildman–Crippen LogP) is 4.18. The predicted molar refractivity (Wildman–Crippen MR) is 84.6 cm³/mol. The summed E-state index contributed by atoms with van der Waals surface area (Å²) in [5.41, 5.74) is 1.56. The lowest BCUT2D eigenvalue weighted by molar-refractivity contribution is 0.0699. The van der Waals surface area contributed by atoms with E-state index >= 15 is 0 Å². The van der Waals surface area contributed by atoms with Crippen LogP contribution in [0.4, 0.5) is 5.69 Å². The fourth-order valence-electron chi connectivity index (χ4n) is 2.77. The molecule has 0 bridgehead atoms. The number of carbonyl (C=O) groups excluding carboxylic acids is 1. The van der Waals surface area contributed by atoms with E-state index in [1.165, 1.54) is 12.8 Å². The van der Waals surface area contributed by atoms with E-state index in [1.54, 1.807) is 6.07 Å². The van der Waals surface area contributed by atoms with Gasteiger partial charge in [0.25, 0.3) is 5.91 Å². The summed E-state index contributed by atoms with van der Waals surface area (Å²) in [6, 6.07) is 5.79.